The fourth-order valence-corrected chi connectivity index (χ4v) is 2.22. The molecular weight excluding hydrogens is 241 g/mol. The minimum atomic E-state index is -4.28. The van der Waals surface area contributed by atoms with Crippen molar-refractivity contribution in [3.05, 3.63) is 29.8 Å². The molecular formula is C13H17F3N2. The Bertz CT molecular complexity index is 396. The highest BCUT2D eigenvalue weighted by Gasteiger charge is 2.34. The number of hydrogen-bond acceptors (Lipinski definition) is 2. The summed E-state index contributed by atoms with van der Waals surface area (Å²) in [5, 5.41) is 0. The number of nitrogens with two attached hydrogens (primary N) is 1. The molecule has 0 radical (unpaired) electrons. The van der Waals surface area contributed by atoms with E-state index in [1.807, 2.05) is 11.9 Å². The number of anilines is 1. The lowest BCUT2D eigenvalue weighted by Gasteiger charge is -2.29. The van der Waals surface area contributed by atoms with E-state index in [9.17, 15) is 13.2 Å². The Balaban J connectivity index is 2.13. The number of likely N-dealkylation sites (N-methyl/N-ethyl adjacent to an activating group) is 1. The molecule has 0 bridgehead atoms. The summed E-state index contributed by atoms with van der Waals surface area (Å²) >= 11 is 0. The maximum atomic E-state index is 12.5. The minimum absolute atomic E-state index is 0.224. The van der Waals surface area contributed by atoms with E-state index in [1.165, 1.54) is 12.1 Å². The molecule has 1 aliphatic carbocycles. The predicted octanol–water partition coefficient (Wildman–Crippen LogP) is 2.88. The fourth-order valence-electron chi connectivity index (χ4n) is 2.22. The molecule has 1 aliphatic rings. The van der Waals surface area contributed by atoms with Gasteiger partial charge in [-0.05, 0) is 43.0 Å². The maximum absolute atomic E-state index is 12.5. The van der Waals surface area contributed by atoms with Gasteiger partial charge in [0.2, 0.25) is 0 Å². The molecule has 1 aromatic carbocycles. The van der Waals surface area contributed by atoms with Crippen molar-refractivity contribution in [1.82, 2.24) is 0 Å². The molecule has 0 aliphatic heterocycles. The van der Waals surface area contributed by atoms with Crippen LogP contribution in [0.3, 0.4) is 0 Å². The molecule has 100 valence electrons. The van der Waals surface area contributed by atoms with E-state index in [1.54, 1.807) is 0 Å². The average molecular weight is 258 g/mol. The van der Waals surface area contributed by atoms with E-state index in [2.05, 4.69) is 0 Å². The number of halogens is 3. The minimum Gasteiger partial charge on any atom is -0.370 e. The monoisotopic (exact) mass is 258 g/mol. The molecule has 2 N–H and O–H groups in total. The van der Waals surface area contributed by atoms with Crippen molar-refractivity contribution in [3.63, 3.8) is 0 Å². The Hall–Kier alpha value is -1.23. The molecule has 1 aromatic rings. The summed E-state index contributed by atoms with van der Waals surface area (Å²) < 4.78 is 37.4. The largest absolute Gasteiger partial charge is 0.416 e. The van der Waals surface area contributed by atoms with E-state index >= 15 is 0 Å². The van der Waals surface area contributed by atoms with Crippen molar-refractivity contribution in [2.24, 2.45) is 11.7 Å². The van der Waals surface area contributed by atoms with Gasteiger partial charge in [0, 0.05) is 25.3 Å². The number of nitrogens with zero attached hydrogens (tertiary/aromatic N) is 1. The quantitative estimate of drug-likeness (QED) is 0.899. The lowest BCUT2D eigenvalue weighted by molar-refractivity contribution is -0.137. The molecule has 0 saturated heterocycles. The van der Waals surface area contributed by atoms with Gasteiger partial charge in [0.05, 0.1) is 5.56 Å². The molecule has 0 amide bonds. The number of benzene rings is 1. The van der Waals surface area contributed by atoms with E-state index < -0.39 is 11.7 Å². The second kappa shape index (κ2) is 4.80. The van der Waals surface area contributed by atoms with Crippen LogP contribution >= 0.6 is 0 Å². The van der Waals surface area contributed by atoms with E-state index in [4.69, 9.17) is 5.73 Å². The van der Waals surface area contributed by atoms with E-state index in [0.29, 0.717) is 12.5 Å². The molecule has 1 unspecified atom stereocenters. The van der Waals surface area contributed by atoms with Crippen LogP contribution in [-0.4, -0.2) is 19.6 Å². The van der Waals surface area contributed by atoms with E-state index in [0.717, 1.165) is 30.7 Å². The van der Waals surface area contributed by atoms with Crippen molar-refractivity contribution in [2.75, 3.05) is 18.5 Å². The maximum Gasteiger partial charge on any atom is 0.416 e. The van der Waals surface area contributed by atoms with Gasteiger partial charge in [0.1, 0.15) is 0 Å². The number of alkyl halides is 3. The summed E-state index contributed by atoms with van der Waals surface area (Å²) in [6.07, 6.45) is -1.96. The Morgan fingerprint density at radius 2 is 1.83 bits per heavy atom. The highest BCUT2D eigenvalue weighted by Crippen LogP contribution is 2.36. The third-order valence-corrected chi connectivity index (χ3v) is 3.51. The molecule has 1 atom stereocenters. The van der Waals surface area contributed by atoms with Crippen molar-refractivity contribution in [2.45, 2.75) is 25.1 Å². The Labute approximate surface area is 105 Å². The smallest absolute Gasteiger partial charge is 0.370 e. The van der Waals surface area contributed by atoms with Gasteiger partial charge >= 0.3 is 6.18 Å². The Morgan fingerprint density at radius 1 is 1.28 bits per heavy atom. The first-order valence-electron chi connectivity index (χ1n) is 6.03. The van der Waals surface area contributed by atoms with Gasteiger partial charge in [0.25, 0.3) is 0 Å². The zero-order valence-corrected chi connectivity index (χ0v) is 10.2. The summed E-state index contributed by atoms with van der Waals surface area (Å²) in [4.78, 5) is 1.98. The van der Waals surface area contributed by atoms with Gasteiger partial charge in [-0.15, -0.1) is 0 Å². The number of hydrogen-bond donors (Lipinski definition) is 1. The second-order valence-corrected chi connectivity index (χ2v) is 4.80. The van der Waals surface area contributed by atoms with Crippen molar-refractivity contribution < 1.29 is 13.2 Å². The van der Waals surface area contributed by atoms with E-state index in [-0.39, 0.29) is 6.04 Å². The van der Waals surface area contributed by atoms with Crippen LogP contribution in [0.5, 0.6) is 0 Å². The van der Waals surface area contributed by atoms with Crippen LogP contribution in [0.4, 0.5) is 18.9 Å². The molecule has 1 saturated carbocycles. The topological polar surface area (TPSA) is 29.3 Å². The molecule has 1 fully saturated rings. The normalized spacial score (nSPS) is 17.6. The Kier molecular flexibility index (Phi) is 3.52. The first-order valence-corrected chi connectivity index (χ1v) is 6.03. The summed E-state index contributed by atoms with van der Waals surface area (Å²) in [7, 11) is 1.89. The van der Waals surface area contributed by atoms with Gasteiger partial charge in [0.15, 0.2) is 0 Å². The van der Waals surface area contributed by atoms with Gasteiger partial charge in [-0.25, -0.2) is 0 Å². The number of rotatable bonds is 4. The highest BCUT2D eigenvalue weighted by molar-refractivity contribution is 5.48. The van der Waals surface area contributed by atoms with Crippen LogP contribution in [0.25, 0.3) is 0 Å². The van der Waals surface area contributed by atoms with Gasteiger partial charge < -0.3 is 10.6 Å². The molecule has 0 spiro atoms. The highest BCUT2D eigenvalue weighted by atomic mass is 19.4. The third-order valence-electron chi connectivity index (χ3n) is 3.51. The van der Waals surface area contributed by atoms with Gasteiger partial charge in [-0.2, -0.15) is 13.2 Å². The van der Waals surface area contributed by atoms with Crippen LogP contribution in [-0.2, 0) is 6.18 Å². The van der Waals surface area contributed by atoms with Crippen LogP contribution in [0.1, 0.15) is 18.4 Å². The second-order valence-electron chi connectivity index (χ2n) is 4.80. The average Bonchev–Trinajstić information content (AvgIpc) is 3.13. The fraction of sp³-hybridized carbons (Fsp3) is 0.538. The SMILES string of the molecule is CN(c1ccc(C(F)(F)F)cc1)C(CN)C1CC1. The predicted molar refractivity (Wildman–Crippen MR) is 65.4 cm³/mol. The summed E-state index contributed by atoms with van der Waals surface area (Å²) in [5.74, 6) is 0.585. The summed E-state index contributed by atoms with van der Waals surface area (Å²) in [6.45, 7) is 0.530. The van der Waals surface area contributed by atoms with Crippen LogP contribution in [0.15, 0.2) is 24.3 Å². The first kappa shape index (κ1) is 13.2. The summed E-state index contributed by atoms with van der Waals surface area (Å²) in [6, 6.07) is 5.47. The molecule has 2 nitrogen and oxygen atoms in total. The molecule has 2 rings (SSSR count). The molecule has 18 heavy (non-hydrogen) atoms. The van der Waals surface area contributed by atoms with Crippen LogP contribution < -0.4 is 10.6 Å². The standard InChI is InChI=1S/C13H17F3N2/c1-18(12(8-17)9-2-3-9)11-6-4-10(5-7-11)13(14,15)16/h4-7,9,12H,2-3,8,17H2,1H3. The van der Waals surface area contributed by atoms with Gasteiger partial charge in [-0.1, -0.05) is 0 Å². The summed E-state index contributed by atoms with van der Waals surface area (Å²) in [5.41, 5.74) is 5.90. The Morgan fingerprint density at radius 3 is 2.22 bits per heavy atom. The van der Waals surface area contributed by atoms with Crippen molar-refractivity contribution in [3.8, 4) is 0 Å². The lowest BCUT2D eigenvalue weighted by atomic mass is 10.1. The van der Waals surface area contributed by atoms with Crippen molar-refractivity contribution >= 4 is 5.69 Å². The molecule has 0 aromatic heterocycles. The van der Waals surface area contributed by atoms with Crippen LogP contribution in [0.2, 0.25) is 0 Å². The molecule has 0 heterocycles. The van der Waals surface area contributed by atoms with Crippen molar-refractivity contribution in [1.29, 1.82) is 0 Å². The van der Waals surface area contributed by atoms with Crippen LogP contribution in [0, 0.1) is 5.92 Å². The zero-order chi connectivity index (χ0) is 13.3. The van der Waals surface area contributed by atoms with Gasteiger partial charge in [-0.3, -0.25) is 0 Å². The lowest BCUT2D eigenvalue weighted by Crippen LogP contribution is -2.39. The molecule has 5 heteroatoms. The third kappa shape index (κ3) is 2.77. The first-order chi connectivity index (χ1) is 8.43. The zero-order valence-electron chi connectivity index (χ0n) is 10.2.